The van der Waals surface area contributed by atoms with Gasteiger partial charge in [-0.25, -0.2) is 9.96 Å². The molecule has 0 spiro atoms. The van der Waals surface area contributed by atoms with Gasteiger partial charge in [0, 0.05) is 29.3 Å². The van der Waals surface area contributed by atoms with Crippen LogP contribution < -0.4 is 9.96 Å². The van der Waals surface area contributed by atoms with Crippen LogP contribution in [0.2, 0.25) is 5.02 Å². The first kappa shape index (κ1) is 22.4. The molecule has 11 nitrogen and oxygen atoms in total. The summed E-state index contributed by atoms with van der Waals surface area (Å²) in [6.07, 6.45) is -1.20. The molecule has 2 fully saturated rings. The molecule has 12 heteroatoms. The van der Waals surface area contributed by atoms with E-state index in [0.29, 0.717) is 16.3 Å². The monoisotopic (exact) mass is 494 g/mol. The Morgan fingerprint density at radius 1 is 0.800 bits per heavy atom. The van der Waals surface area contributed by atoms with Crippen molar-refractivity contribution in [3.8, 4) is 0 Å². The van der Waals surface area contributed by atoms with Gasteiger partial charge < -0.3 is 0 Å². The molecule has 0 bridgehead atoms. The first-order valence-corrected chi connectivity index (χ1v) is 10.7. The van der Waals surface area contributed by atoms with E-state index in [9.17, 15) is 29.8 Å². The molecule has 0 aromatic heterocycles. The lowest BCUT2D eigenvalue weighted by molar-refractivity contribution is -0.385. The van der Waals surface area contributed by atoms with E-state index < -0.39 is 39.7 Å². The number of amides is 2. The zero-order chi connectivity index (χ0) is 24.9. The summed E-state index contributed by atoms with van der Waals surface area (Å²) < 4.78 is 0. The van der Waals surface area contributed by atoms with Crippen molar-refractivity contribution in [3.05, 3.63) is 104 Å². The molecule has 3 aromatic carbocycles. The topological polar surface area (TPSA) is 136 Å². The number of anilines is 2. The molecule has 0 unspecified atom stereocenters. The van der Waals surface area contributed by atoms with Crippen LogP contribution in [-0.2, 0) is 14.4 Å². The summed E-state index contributed by atoms with van der Waals surface area (Å²) in [6.45, 7) is 0. The number of nitro groups is 2. The molecule has 0 radical (unpaired) electrons. The van der Waals surface area contributed by atoms with Crippen molar-refractivity contribution >= 4 is 46.2 Å². The minimum absolute atomic E-state index is 0.0627. The summed E-state index contributed by atoms with van der Waals surface area (Å²) in [5, 5.41) is 24.2. The molecule has 5 rings (SSSR count). The highest BCUT2D eigenvalue weighted by Gasteiger charge is 2.60. The molecule has 2 saturated heterocycles. The van der Waals surface area contributed by atoms with Crippen molar-refractivity contribution in [3.63, 3.8) is 0 Å². The maximum Gasteiger partial charge on any atom is 0.271 e. The molecular weight excluding hydrogens is 480 g/mol. The summed E-state index contributed by atoms with van der Waals surface area (Å²) in [4.78, 5) is 54.9. The van der Waals surface area contributed by atoms with Crippen LogP contribution in [0.1, 0.15) is 11.6 Å². The lowest BCUT2D eigenvalue weighted by Gasteiger charge is -2.28. The second kappa shape index (κ2) is 8.46. The Morgan fingerprint density at radius 3 is 2.09 bits per heavy atom. The molecule has 176 valence electrons. The third-order valence-corrected chi connectivity index (χ3v) is 6.19. The van der Waals surface area contributed by atoms with E-state index in [2.05, 4.69) is 0 Å². The number of nitro benzene ring substituents is 2. The quantitative estimate of drug-likeness (QED) is 0.292. The van der Waals surface area contributed by atoms with Crippen molar-refractivity contribution in [1.82, 2.24) is 0 Å². The van der Waals surface area contributed by atoms with Crippen LogP contribution in [0.15, 0.2) is 72.8 Å². The molecule has 0 saturated carbocycles. The highest BCUT2D eigenvalue weighted by molar-refractivity contribution is 6.30. The number of carbonyl (C=O) groups is 2. The Morgan fingerprint density at radius 2 is 1.46 bits per heavy atom. The first-order chi connectivity index (χ1) is 16.8. The Balaban J connectivity index is 1.57. The van der Waals surface area contributed by atoms with Gasteiger partial charge in [-0.05, 0) is 35.9 Å². The maximum absolute atomic E-state index is 13.6. The second-order valence-electron chi connectivity index (χ2n) is 7.94. The fourth-order valence-corrected chi connectivity index (χ4v) is 4.48. The summed E-state index contributed by atoms with van der Waals surface area (Å²) in [5.41, 5.74) is 0.701. The molecule has 3 aromatic rings. The van der Waals surface area contributed by atoms with Gasteiger partial charge in [0.15, 0.2) is 6.10 Å². The van der Waals surface area contributed by atoms with Crippen LogP contribution in [0.3, 0.4) is 0 Å². The average Bonchev–Trinajstić information content (AvgIpc) is 3.35. The zero-order valence-corrected chi connectivity index (χ0v) is 18.4. The molecule has 2 amide bonds. The third kappa shape index (κ3) is 3.76. The summed E-state index contributed by atoms with van der Waals surface area (Å²) >= 11 is 6.00. The minimum Gasteiger partial charge on any atom is -0.273 e. The van der Waals surface area contributed by atoms with Gasteiger partial charge in [-0.1, -0.05) is 29.8 Å². The van der Waals surface area contributed by atoms with E-state index in [-0.39, 0.29) is 17.1 Å². The van der Waals surface area contributed by atoms with Gasteiger partial charge in [0.05, 0.1) is 27.3 Å². The maximum atomic E-state index is 13.6. The molecule has 0 N–H and O–H groups in total. The largest absolute Gasteiger partial charge is 0.273 e. The third-order valence-electron chi connectivity index (χ3n) is 5.94. The van der Waals surface area contributed by atoms with Crippen molar-refractivity contribution in [2.75, 3.05) is 9.96 Å². The molecule has 2 heterocycles. The number of rotatable bonds is 5. The second-order valence-corrected chi connectivity index (χ2v) is 8.37. The van der Waals surface area contributed by atoms with E-state index in [0.717, 1.165) is 11.0 Å². The number of fused-ring (bicyclic) bond motifs is 1. The van der Waals surface area contributed by atoms with Gasteiger partial charge >= 0.3 is 0 Å². The Hall–Kier alpha value is -4.35. The van der Waals surface area contributed by atoms with Crippen molar-refractivity contribution in [2.45, 2.75) is 12.1 Å². The van der Waals surface area contributed by atoms with Crippen LogP contribution in [0.25, 0.3) is 0 Å². The predicted molar refractivity (Wildman–Crippen MR) is 124 cm³/mol. The zero-order valence-electron chi connectivity index (χ0n) is 17.7. The number of hydroxylamine groups is 1. The molecule has 3 atom stereocenters. The first-order valence-electron chi connectivity index (χ1n) is 10.3. The van der Waals surface area contributed by atoms with Crippen LogP contribution in [0.4, 0.5) is 22.7 Å². The Labute approximate surface area is 202 Å². The van der Waals surface area contributed by atoms with Gasteiger partial charge in [0.1, 0.15) is 5.92 Å². The van der Waals surface area contributed by atoms with Crippen molar-refractivity contribution < 1.29 is 24.3 Å². The van der Waals surface area contributed by atoms with Crippen LogP contribution >= 0.6 is 11.6 Å². The van der Waals surface area contributed by atoms with E-state index >= 15 is 0 Å². The highest BCUT2D eigenvalue weighted by Crippen LogP contribution is 2.48. The minimum atomic E-state index is -1.20. The number of non-ortho nitro benzene ring substituents is 2. The van der Waals surface area contributed by atoms with Crippen LogP contribution in [0.5, 0.6) is 0 Å². The molecule has 35 heavy (non-hydrogen) atoms. The van der Waals surface area contributed by atoms with Crippen molar-refractivity contribution in [1.29, 1.82) is 0 Å². The summed E-state index contributed by atoms with van der Waals surface area (Å²) in [7, 11) is 0. The normalized spacial score (nSPS) is 21.3. The van der Waals surface area contributed by atoms with Gasteiger partial charge in [-0.2, -0.15) is 0 Å². The van der Waals surface area contributed by atoms with Crippen LogP contribution in [-0.4, -0.2) is 27.8 Å². The number of carbonyl (C=O) groups excluding carboxylic acids is 2. The fourth-order valence-electron chi connectivity index (χ4n) is 4.36. The number of nitrogens with zero attached hydrogens (tertiary/aromatic N) is 4. The lowest BCUT2D eigenvalue weighted by atomic mass is 9.90. The fraction of sp³-hybridized carbons (Fsp3) is 0.130. The van der Waals surface area contributed by atoms with E-state index in [1.54, 1.807) is 24.3 Å². The lowest BCUT2D eigenvalue weighted by Crippen LogP contribution is -2.37. The van der Waals surface area contributed by atoms with E-state index in [4.69, 9.17) is 16.4 Å². The molecule has 2 aliphatic rings. The number of benzene rings is 3. The van der Waals surface area contributed by atoms with Gasteiger partial charge in [0.25, 0.3) is 17.3 Å². The SMILES string of the molecule is O=C1[C@@H]2[C@H](ON(c3ccc(Cl)cc3)[C@H]2c2ccc([N+](=O)[O-])cc2)C(=O)N1c1cccc([N+](=O)[O-])c1. The standard InChI is InChI=1S/C23H15ClN4O7/c24-14-6-10-15(11-7-14)26-20(13-4-8-16(9-5-13)27(31)32)19-21(35-26)23(30)25(22(19)29)17-2-1-3-18(12-17)28(33)34/h1-12,19-21H/t19-,20-,21-/m0/s1. The Bertz CT molecular complexity index is 1360. The smallest absolute Gasteiger partial charge is 0.271 e. The number of halogens is 1. The number of hydrogen-bond acceptors (Lipinski definition) is 8. The Kier molecular flexibility index (Phi) is 5.42. The van der Waals surface area contributed by atoms with Gasteiger partial charge in [-0.3, -0.25) is 34.7 Å². The average molecular weight is 495 g/mol. The predicted octanol–water partition coefficient (Wildman–Crippen LogP) is 4.21. The number of imide groups is 1. The van der Waals surface area contributed by atoms with Gasteiger partial charge in [0.2, 0.25) is 5.91 Å². The number of hydrogen-bond donors (Lipinski definition) is 0. The van der Waals surface area contributed by atoms with Gasteiger partial charge in [-0.15, -0.1) is 0 Å². The van der Waals surface area contributed by atoms with E-state index in [1.807, 2.05) is 0 Å². The summed E-state index contributed by atoms with van der Waals surface area (Å²) in [6, 6.07) is 16.6. The van der Waals surface area contributed by atoms with Crippen molar-refractivity contribution in [2.24, 2.45) is 5.92 Å². The summed E-state index contributed by atoms with van der Waals surface area (Å²) in [5.74, 6) is -2.26. The molecular formula is C23H15ClN4O7. The van der Waals surface area contributed by atoms with E-state index in [1.165, 1.54) is 47.5 Å². The highest BCUT2D eigenvalue weighted by atomic mass is 35.5. The molecule has 2 aliphatic heterocycles. The van der Waals surface area contributed by atoms with Crippen LogP contribution in [0, 0.1) is 26.1 Å². The molecule has 0 aliphatic carbocycles.